The van der Waals surface area contributed by atoms with E-state index in [1.165, 1.54) is 54.4 Å². The minimum absolute atomic E-state index is 0.574. The Morgan fingerprint density at radius 1 is 1.30 bits per heavy atom. The van der Waals surface area contributed by atoms with Gasteiger partial charge in [0.15, 0.2) is 0 Å². The maximum atomic E-state index is 4.62. The van der Waals surface area contributed by atoms with Gasteiger partial charge >= 0.3 is 0 Å². The Labute approximate surface area is 131 Å². The van der Waals surface area contributed by atoms with Gasteiger partial charge in [0.1, 0.15) is 0 Å². The number of aromatic nitrogens is 2. The summed E-state index contributed by atoms with van der Waals surface area (Å²) in [4.78, 5) is 0. The average molecular weight is 342 g/mol. The van der Waals surface area contributed by atoms with Crippen LogP contribution in [-0.4, -0.2) is 22.9 Å². The Hall–Kier alpha value is -0.350. The molecule has 0 radical (unpaired) electrons. The number of halogens is 1. The van der Waals surface area contributed by atoms with Crippen LogP contribution in [0.25, 0.3) is 0 Å². The number of rotatable bonds is 5. The summed E-state index contributed by atoms with van der Waals surface area (Å²) in [7, 11) is 4.18. The first-order valence-electron chi connectivity index (χ1n) is 8.04. The third kappa shape index (κ3) is 3.64. The molecule has 1 atom stereocenters. The van der Waals surface area contributed by atoms with E-state index in [9.17, 15) is 0 Å². The molecule has 1 aromatic heterocycles. The number of hydrogen-bond acceptors (Lipinski definition) is 2. The largest absolute Gasteiger partial charge is 0.316 e. The molecular weight excluding hydrogens is 314 g/mol. The summed E-state index contributed by atoms with van der Waals surface area (Å²) in [5.41, 5.74) is 2.52. The Morgan fingerprint density at radius 3 is 2.45 bits per heavy atom. The summed E-state index contributed by atoms with van der Waals surface area (Å²) in [6.45, 7) is 2.16. The highest BCUT2D eigenvalue weighted by atomic mass is 79.9. The summed E-state index contributed by atoms with van der Waals surface area (Å²) in [6.07, 6.45) is 10.5. The standard InChI is InChI=1S/C16H28BrN3/c1-4-13-16(17)15(20(3)19-13)11-14(18-2)12-9-7-5-6-8-10-12/h12,14,18H,4-11H2,1-3H3. The van der Waals surface area contributed by atoms with Gasteiger partial charge in [-0.2, -0.15) is 5.10 Å². The van der Waals surface area contributed by atoms with Gasteiger partial charge in [0.2, 0.25) is 0 Å². The molecule has 0 amide bonds. The van der Waals surface area contributed by atoms with Gasteiger partial charge in [-0.05, 0) is 48.2 Å². The molecule has 2 rings (SSSR count). The van der Waals surface area contributed by atoms with Crippen molar-refractivity contribution in [1.82, 2.24) is 15.1 Å². The van der Waals surface area contributed by atoms with Crippen molar-refractivity contribution in [3.8, 4) is 0 Å². The van der Waals surface area contributed by atoms with Crippen LogP contribution in [-0.2, 0) is 19.9 Å². The monoisotopic (exact) mass is 341 g/mol. The van der Waals surface area contributed by atoms with Gasteiger partial charge < -0.3 is 5.32 Å². The zero-order chi connectivity index (χ0) is 14.5. The zero-order valence-electron chi connectivity index (χ0n) is 13.1. The zero-order valence-corrected chi connectivity index (χ0v) is 14.7. The van der Waals surface area contributed by atoms with E-state index in [0.717, 1.165) is 18.8 Å². The molecule has 1 aliphatic carbocycles. The minimum Gasteiger partial charge on any atom is -0.316 e. The predicted octanol–water partition coefficient (Wildman–Crippen LogP) is 3.85. The smallest absolute Gasteiger partial charge is 0.0766 e. The lowest BCUT2D eigenvalue weighted by atomic mass is 9.89. The van der Waals surface area contributed by atoms with Gasteiger partial charge in [-0.1, -0.05) is 32.6 Å². The van der Waals surface area contributed by atoms with Crippen LogP contribution in [0.4, 0.5) is 0 Å². The van der Waals surface area contributed by atoms with Crippen LogP contribution >= 0.6 is 15.9 Å². The van der Waals surface area contributed by atoms with E-state index in [0.29, 0.717) is 6.04 Å². The number of nitrogens with one attached hydrogen (secondary N) is 1. The molecule has 0 aromatic carbocycles. The molecule has 0 aliphatic heterocycles. The summed E-state index contributed by atoms with van der Waals surface area (Å²) in [6, 6.07) is 0.574. The van der Waals surface area contributed by atoms with E-state index in [-0.39, 0.29) is 0 Å². The van der Waals surface area contributed by atoms with Crippen molar-refractivity contribution in [2.45, 2.75) is 64.3 Å². The van der Waals surface area contributed by atoms with Crippen LogP contribution < -0.4 is 5.32 Å². The highest BCUT2D eigenvalue weighted by molar-refractivity contribution is 9.10. The Kier molecular flexibility index (Phi) is 6.09. The third-order valence-electron chi connectivity index (χ3n) is 4.76. The van der Waals surface area contributed by atoms with Crippen molar-refractivity contribution in [1.29, 1.82) is 0 Å². The first-order valence-corrected chi connectivity index (χ1v) is 8.84. The van der Waals surface area contributed by atoms with Crippen molar-refractivity contribution in [3.63, 3.8) is 0 Å². The Bertz CT molecular complexity index is 420. The molecule has 1 aliphatic rings. The quantitative estimate of drug-likeness (QED) is 0.824. The highest BCUT2D eigenvalue weighted by Gasteiger charge is 2.24. The predicted molar refractivity (Wildman–Crippen MR) is 88.0 cm³/mol. The molecule has 1 aromatic rings. The van der Waals surface area contributed by atoms with Gasteiger partial charge in [-0.25, -0.2) is 0 Å². The molecule has 1 fully saturated rings. The SMILES string of the molecule is CCc1nn(C)c(CC(NC)C2CCCCCC2)c1Br. The molecule has 3 nitrogen and oxygen atoms in total. The van der Waals surface area contributed by atoms with Gasteiger partial charge in [0.25, 0.3) is 0 Å². The van der Waals surface area contributed by atoms with Gasteiger partial charge in [-0.15, -0.1) is 0 Å². The molecule has 1 N–H and O–H groups in total. The van der Waals surface area contributed by atoms with E-state index < -0.39 is 0 Å². The van der Waals surface area contributed by atoms with E-state index in [4.69, 9.17) is 0 Å². The van der Waals surface area contributed by atoms with Crippen molar-refractivity contribution in [3.05, 3.63) is 15.9 Å². The third-order valence-corrected chi connectivity index (χ3v) is 5.67. The number of likely N-dealkylation sites (N-methyl/N-ethyl adjacent to an activating group) is 1. The van der Waals surface area contributed by atoms with Gasteiger partial charge in [0.05, 0.1) is 15.9 Å². The van der Waals surface area contributed by atoms with Crippen LogP contribution in [0.15, 0.2) is 4.47 Å². The molecule has 1 heterocycles. The van der Waals surface area contributed by atoms with Crippen LogP contribution in [0.2, 0.25) is 0 Å². The lowest BCUT2D eigenvalue weighted by Gasteiger charge is -2.26. The maximum absolute atomic E-state index is 4.62. The fourth-order valence-electron chi connectivity index (χ4n) is 3.47. The van der Waals surface area contributed by atoms with E-state index >= 15 is 0 Å². The summed E-state index contributed by atoms with van der Waals surface area (Å²) in [5, 5.41) is 8.19. The lowest BCUT2D eigenvalue weighted by molar-refractivity contribution is 0.328. The summed E-state index contributed by atoms with van der Waals surface area (Å²) >= 11 is 3.75. The van der Waals surface area contributed by atoms with Crippen LogP contribution in [0.1, 0.15) is 56.8 Å². The van der Waals surface area contributed by atoms with Crippen LogP contribution in [0.5, 0.6) is 0 Å². The number of hydrogen-bond donors (Lipinski definition) is 1. The van der Waals surface area contributed by atoms with Crippen molar-refractivity contribution < 1.29 is 0 Å². The van der Waals surface area contributed by atoms with Crippen LogP contribution in [0.3, 0.4) is 0 Å². The van der Waals surface area contributed by atoms with Gasteiger partial charge in [-0.3, -0.25) is 4.68 Å². The molecule has 1 saturated carbocycles. The molecule has 114 valence electrons. The molecule has 0 bridgehead atoms. The summed E-state index contributed by atoms with van der Waals surface area (Å²) < 4.78 is 3.28. The summed E-state index contributed by atoms with van der Waals surface area (Å²) in [5.74, 6) is 0.814. The fourth-order valence-corrected chi connectivity index (χ4v) is 4.25. The van der Waals surface area contributed by atoms with Crippen LogP contribution in [0, 0.1) is 5.92 Å². The molecule has 0 spiro atoms. The van der Waals surface area contributed by atoms with E-state index in [1.807, 2.05) is 0 Å². The number of nitrogens with zero attached hydrogens (tertiary/aromatic N) is 2. The fraction of sp³-hybridized carbons (Fsp3) is 0.812. The van der Waals surface area contributed by atoms with Crippen molar-refractivity contribution in [2.24, 2.45) is 13.0 Å². The van der Waals surface area contributed by atoms with Crippen molar-refractivity contribution >= 4 is 15.9 Å². The second kappa shape index (κ2) is 7.60. The normalized spacial score (nSPS) is 19.0. The van der Waals surface area contributed by atoms with E-state index in [2.05, 4.69) is 52.0 Å². The second-order valence-electron chi connectivity index (χ2n) is 6.04. The first-order chi connectivity index (χ1) is 9.67. The Morgan fingerprint density at radius 2 is 1.95 bits per heavy atom. The molecule has 4 heteroatoms. The molecule has 0 saturated heterocycles. The molecule has 1 unspecified atom stereocenters. The van der Waals surface area contributed by atoms with Gasteiger partial charge in [0, 0.05) is 19.5 Å². The minimum atomic E-state index is 0.574. The topological polar surface area (TPSA) is 29.9 Å². The molecule has 20 heavy (non-hydrogen) atoms. The Balaban J connectivity index is 2.11. The molecular formula is C16H28BrN3. The average Bonchev–Trinajstić information content (AvgIpc) is 2.67. The lowest BCUT2D eigenvalue weighted by Crippen LogP contribution is -2.36. The maximum Gasteiger partial charge on any atom is 0.0766 e. The number of aryl methyl sites for hydroxylation is 2. The highest BCUT2D eigenvalue weighted by Crippen LogP contribution is 2.29. The second-order valence-corrected chi connectivity index (χ2v) is 6.83. The van der Waals surface area contributed by atoms with E-state index in [1.54, 1.807) is 0 Å². The first kappa shape index (κ1) is 16.0. The van der Waals surface area contributed by atoms with Crippen molar-refractivity contribution in [2.75, 3.05) is 7.05 Å².